The summed E-state index contributed by atoms with van der Waals surface area (Å²) in [5.74, 6) is -1.43. The smallest absolute Gasteiger partial charge is 0.256 e. The fraction of sp³-hybridized carbons (Fsp3) is 0.429. The third kappa shape index (κ3) is 5.32. The predicted octanol–water partition coefficient (Wildman–Crippen LogP) is 2.02. The molecule has 0 aliphatic rings. The minimum absolute atomic E-state index is 0. The van der Waals surface area contributed by atoms with Crippen LogP contribution in [0.15, 0.2) is 18.2 Å². The molecule has 0 saturated carbocycles. The summed E-state index contributed by atoms with van der Waals surface area (Å²) in [6, 6.07) is 3.25. The van der Waals surface area contributed by atoms with Gasteiger partial charge < -0.3 is 16.0 Å². The Bertz CT molecular complexity index is 509. The zero-order valence-corrected chi connectivity index (χ0v) is 13.2. The number of rotatable bonds is 5. The molecule has 0 aromatic heterocycles. The first-order valence-electron chi connectivity index (χ1n) is 6.44. The highest BCUT2D eigenvalue weighted by atomic mass is 35.5. The fourth-order valence-corrected chi connectivity index (χ4v) is 1.68. The molecule has 0 bridgehead atoms. The normalized spacial score (nSPS) is 11.3. The molecule has 5 nitrogen and oxygen atoms in total. The molecule has 1 aromatic rings. The molecule has 0 spiro atoms. The van der Waals surface area contributed by atoms with Gasteiger partial charge in [-0.3, -0.25) is 9.59 Å². The van der Waals surface area contributed by atoms with E-state index < -0.39 is 17.8 Å². The monoisotopic (exact) mass is 317 g/mol. The first-order chi connectivity index (χ1) is 9.36. The average molecular weight is 318 g/mol. The lowest BCUT2D eigenvalue weighted by atomic mass is 10.1. The maximum Gasteiger partial charge on any atom is 0.256 e. The van der Waals surface area contributed by atoms with Crippen LogP contribution in [0, 0.1) is 5.82 Å². The minimum atomic E-state index is -0.625. The lowest BCUT2D eigenvalue weighted by Crippen LogP contribution is -2.35. The highest BCUT2D eigenvalue weighted by Gasteiger charge is 2.17. The number of hydrogen-bond donors (Lipinski definition) is 2. The number of anilines is 1. The Balaban J connectivity index is 0.00000400. The van der Waals surface area contributed by atoms with Crippen LogP contribution in [0.3, 0.4) is 0 Å². The number of halogens is 2. The van der Waals surface area contributed by atoms with Crippen molar-refractivity contribution < 1.29 is 14.0 Å². The number of benzene rings is 1. The molecule has 1 atom stereocenters. The summed E-state index contributed by atoms with van der Waals surface area (Å²) in [7, 11) is 3.06. The molecule has 118 valence electrons. The number of amides is 2. The Kier molecular flexibility index (Phi) is 7.91. The number of nitrogens with zero attached hydrogens (tertiary/aromatic N) is 1. The van der Waals surface area contributed by atoms with Crippen LogP contribution in [0.4, 0.5) is 10.1 Å². The van der Waals surface area contributed by atoms with Gasteiger partial charge in [-0.2, -0.15) is 0 Å². The van der Waals surface area contributed by atoms with E-state index in [9.17, 15) is 14.0 Å². The Hall–Kier alpha value is -1.66. The van der Waals surface area contributed by atoms with Gasteiger partial charge in [0, 0.05) is 19.8 Å². The number of nitrogens with two attached hydrogens (primary N) is 1. The van der Waals surface area contributed by atoms with Crippen molar-refractivity contribution in [1.82, 2.24) is 4.90 Å². The van der Waals surface area contributed by atoms with Crippen LogP contribution < -0.4 is 11.1 Å². The first-order valence-corrected chi connectivity index (χ1v) is 6.44. The van der Waals surface area contributed by atoms with Crippen molar-refractivity contribution >= 4 is 29.9 Å². The molecule has 0 aliphatic carbocycles. The number of nitrogens with one attached hydrogen (secondary N) is 1. The van der Waals surface area contributed by atoms with Crippen molar-refractivity contribution in [3.8, 4) is 0 Å². The molecular formula is C14H21ClFN3O2. The molecule has 7 heteroatoms. The molecule has 0 aliphatic heterocycles. The highest BCUT2D eigenvalue weighted by molar-refractivity contribution is 5.98. The Labute approximate surface area is 130 Å². The molecular weight excluding hydrogens is 297 g/mol. The molecule has 0 fully saturated rings. The van der Waals surface area contributed by atoms with E-state index in [0.717, 1.165) is 12.5 Å². The maximum atomic E-state index is 13.6. The van der Waals surface area contributed by atoms with Gasteiger partial charge in [0.1, 0.15) is 5.82 Å². The maximum absolute atomic E-state index is 13.6. The summed E-state index contributed by atoms with van der Waals surface area (Å²) >= 11 is 0. The standard InChI is InChI=1S/C14H20FN3O2.ClH/c1-4-5-12(16)13(19)17-9-6-7-11(15)10(8-9)14(20)18(2)3;/h6-8,12H,4-5,16H2,1-3H3,(H,17,19);1H. The minimum Gasteiger partial charge on any atom is -0.345 e. The second-order valence-corrected chi connectivity index (χ2v) is 4.78. The lowest BCUT2D eigenvalue weighted by molar-refractivity contribution is -0.117. The van der Waals surface area contributed by atoms with E-state index in [1.54, 1.807) is 0 Å². The molecule has 0 radical (unpaired) electrons. The second-order valence-electron chi connectivity index (χ2n) is 4.78. The van der Waals surface area contributed by atoms with Crippen LogP contribution in [0.5, 0.6) is 0 Å². The van der Waals surface area contributed by atoms with Crippen LogP contribution >= 0.6 is 12.4 Å². The van der Waals surface area contributed by atoms with Gasteiger partial charge in [0.05, 0.1) is 11.6 Å². The zero-order valence-electron chi connectivity index (χ0n) is 12.4. The molecule has 1 unspecified atom stereocenters. The third-order valence-corrected chi connectivity index (χ3v) is 2.81. The third-order valence-electron chi connectivity index (χ3n) is 2.81. The quantitative estimate of drug-likeness (QED) is 0.872. The fourth-order valence-electron chi connectivity index (χ4n) is 1.68. The molecule has 21 heavy (non-hydrogen) atoms. The van der Waals surface area contributed by atoms with Crippen LogP contribution in [-0.2, 0) is 4.79 Å². The molecule has 1 aromatic carbocycles. The zero-order chi connectivity index (χ0) is 15.3. The van der Waals surface area contributed by atoms with Gasteiger partial charge in [0.2, 0.25) is 5.91 Å². The van der Waals surface area contributed by atoms with E-state index in [-0.39, 0.29) is 23.9 Å². The molecule has 2 amide bonds. The van der Waals surface area contributed by atoms with Crippen LogP contribution in [0.25, 0.3) is 0 Å². The van der Waals surface area contributed by atoms with Crippen molar-refractivity contribution in [2.45, 2.75) is 25.8 Å². The lowest BCUT2D eigenvalue weighted by Gasteiger charge is -2.14. The molecule has 0 saturated heterocycles. The summed E-state index contributed by atoms with van der Waals surface area (Å²) in [4.78, 5) is 24.8. The van der Waals surface area contributed by atoms with Gasteiger partial charge in [-0.25, -0.2) is 4.39 Å². The van der Waals surface area contributed by atoms with E-state index in [4.69, 9.17) is 5.73 Å². The largest absolute Gasteiger partial charge is 0.345 e. The van der Waals surface area contributed by atoms with Gasteiger partial charge in [-0.05, 0) is 24.6 Å². The molecule has 0 heterocycles. The molecule has 3 N–H and O–H groups in total. The average Bonchev–Trinajstić information content (AvgIpc) is 2.40. The summed E-state index contributed by atoms with van der Waals surface area (Å²) in [6.07, 6.45) is 1.36. The Morgan fingerprint density at radius 2 is 2.00 bits per heavy atom. The van der Waals surface area contributed by atoms with Gasteiger partial charge in [-0.15, -0.1) is 12.4 Å². The van der Waals surface area contributed by atoms with E-state index in [0.29, 0.717) is 12.1 Å². The SMILES string of the molecule is CCCC(N)C(=O)Nc1ccc(F)c(C(=O)N(C)C)c1.Cl. The van der Waals surface area contributed by atoms with Crippen LogP contribution in [0.2, 0.25) is 0 Å². The van der Waals surface area contributed by atoms with E-state index in [1.807, 2.05) is 6.92 Å². The van der Waals surface area contributed by atoms with E-state index >= 15 is 0 Å². The molecule has 1 rings (SSSR count). The first kappa shape index (κ1) is 19.3. The topological polar surface area (TPSA) is 75.4 Å². The van der Waals surface area contributed by atoms with Crippen molar-refractivity contribution in [2.24, 2.45) is 5.73 Å². The van der Waals surface area contributed by atoms with Gasteiger partial charge in [0.15, 0.2) is 0 Å². The van der Waals surface area contributed by atoms with E-state index in [1.165, 1.54) is 31.1 Å². The second kappa shape index (κ2) is 8.59. The predicted molar refractivity (Wildman–Crippen MR) is 83.2 cm³/mol. The number of hydrogen-bond acceptors (Lipinski definition) is 3. The van der Waals surface area contributed by atoms with Crippen molar-refractivity contribution in [2.75, 3.05) is 19.4 Å². The summed E-state index contributed by atoms with van der Waals surface area (Å²) in [6.45, 7) is 1.93. The summed E-state index contributed by atoms with van der Waals surface area (Å²) < 4.78 is 13.6. The number of carbonyl (C=O) groups excluding carboxylic acids is 2. The van der Waals surface area contributed by atoms with Crippen molar-refractivity contribution in [3.63, 3.8) is 0 Å². The van der Waals surface area contributed by atoms with Gasteiger partial charge in [-0.1, -0.05) is 13.3 Å². The number of carbonyl (C=O) groups is 2. The van der Waals surface area contributed by atoms with Crippen molar-refractivity contribution in [1.29, 1.82) is 0 Å². The highest BCUT2D eigenvalue weighted by Crippen LogP contribution is 2.16. The van der Waals surface area contributed by atoms with Crippen molar-refractivity contribution in [3.05, 3.63) is 29.6 Å². The van der Waals surface area contributed by atoms with Crippen LogP contribution in [-0.4, -0.2) is 36.9 Å². The van der Waals surface area contributed by atoms with Gasteiger partial charge >= 0.3 is 0 Å². The van der Waals surface area contributed by atoms with Gasteiger partial charge in [0.25, 0.3) is 5.91 Å². The Morgan fingerprint density at radius 1 is 1.38 bits per heavy atom. The summed E-state index contributed by atoms with van der Waals surface area (Å²) in [5, 5.41) is 2.59. The van der Waals surface area contributed by atoms with Crippen LogP contribution in [0.1, 0.15) is 30.1 Å². The summed E-state index contributed by atoms with van der Waals surface area (Å²) in [5.41, 5.74) is 5.96. The Morgan fingerprint density at radius 3 is 2.52 bits per heavy atom. The van der Waals surface area contributed by atoms with E-state index in [2.05, 4.69) is 5.32 Å².